The van der Waals surface area contributed by atoms with E-state index in [-0.39, 0.29) is 24.0 Å². The van der Waals surface area contributed by atoms with E-state index in [9.17, 15) is 27.9 Å². The van der Waals surface area contributed by atoms with E-state index in [1.54, 1.807) is 36.2 Å². The number of nitrogens with zero attached hydrogens (tertiary/aromatic N) is 5. The summed E-state index contributed by atoms with van der Waals surface area (Å²) >= 11 is 0. The van der Waals surface area contributed by atoms with Crippen molar-refractivity contribution in [3.8, 4) is 17.2 Å². The van der Waals surface area contributed by atoms with Gasteiger partial charge in [0.25, 0.3) is 5.91 Å². The van der Waals surface area contributed by atoms with Crippen LogP contribution in [0.4, 0.5) is 29.6 Å². The van der Waals surface area contributed by atoms with Crippen molar-refractivity contribution in [1.82, 2.24) is 24.6 Å². The van der Waals surface area contributed by atoms with Gasteiger partial charge in [0.2, 0.25) is 0 Å². The Morgan fingerprint density at radius 1 is 1.00 bits per heavy atom. The van der Waals surface area contributed by atoms with Gasteiger partial charge in [-0.25, -0.2) is 19.4 Å². The molecule has 2 aromatic carbocycles. The number of carbonyl (C=O) groups excluding carboxylic acids is 1. The first kappa shape index (κ1) is 31.1. The fraction of sp³-hybridized carbons (Fsp3) is 0.219. The van der Waals surface area contributed by atoms with Crippen molar-refractivity contribution in [2.24, 2.45) is 0 Å². The number of likely N-dealkylation sites (tertiary alicyclic amines) is 1. The molecule has 47 heavy (non-hydrogen) atoms. The third-order valence-corrected chi connectivity index (χ3v) is 7.56. The molecule has 3 N–H and O–H groups in total. The summed E-state index contributed by atoms with van der Waals surface area (Å²) in [6.45, 7) is 1.07. The maximum absolute atomic E-state index is 13.0. The lowest BCUT2D eigenvalue weighted by Gasteiger charge is -2.14. The van der Waals surface area contributed by atoms with Crippen LogP contribution in [0.1, 0.15) is 27.9 Å². The number of fused-ring (bicyclic) bond motifs is 1. The first-order valence-corrected chi connectivity index (χ1v) is 14.4. The van der Waals surface area contributed by atoms with Gasteiger partial charge < -0.3 is 30.1 Å². The van der Waals surface area contributed by atoms with Crippen LogP contribution < -0.4 is 20.1 Å². The Bertz CT molecular complexity index is 1910. The van der Waals surface area contributed by atoms with Crippen LogP contribution in [-0.2, 0) is 12.7 Å². The highest BCUT2D eigenvalue weighted by Gasteiger charge is 2.31. The number of halogens is 3. The number of benzene rings is 2. The van der Waals surface area contributed by atoms with Gasteiger partial charge in [-0.15, -0.1) is 0 Å². The van der Waals surface area contributed by atoms with E-state index >= 15 is 0 Å². The zero-order valence-corrected chi connectivity index (χ0v) is 24.9. The van der Waals surface area contributed by atoms with E-state index in [1.807, 2.05) is 24.3 Å². The van der Waals surface area contributed by atoms with Gasteiger partial charge in [0.1, 0.15) is 28.5 Å². The average molecular weight is 648 g/mol. The second-order valence-corrected chi connectivity index (χ2v) is 10.7. The summed E-state index contributed by atoms with van der Waals surface area (Å²) in [5, 5.41) is 20.5. The summed E-state index contributed by atoms with van der Waals surface area (Å²) in [7, 11) is 1.59. The molecule has 242 valence electrons. The Labute approximate surface area is 265 Å². The number of ether oxygens (including phenoxy) is 2. The maximum Gasteiger partial charge on any atom is 0.416 e. The number of hydrogen-bond donors (Lipinski definition) is 3. The number of carbonyl (C=O) groups is 2. The fourth-order valence-corrected chi connectivity index (χ4v) is 5.18. The van der Waals surface area contributed by atoms with E-state index in [1.165, 1.54) is 17.0 Å². The van der Waals surface area contributed by atoms with Crippen LogP contribution in [-0.4, -0.2) is 68.0 Å². The van der Waals surface area contributed by atoms with Gasteiger partial charge >= 0.3 is 12.3 Å². The fourth-order valence-electron chi connectivity index (χ4n) is 5.18. The Hall–Kier alpha value is -5.86. The first-order chi connectivity index (χ1) is 22.6. The summed E-state index contributed by atoms with van der Waals surface area (Å²) in [5.41, 5.74) is 0.722. The highest BCUT2D eigenvalue weighted by molar-refractivity contribution is 6.03. The second kappa shape index (κ2) is 12.9. The zero-order valence-electron chi connectivity index (χ0n) is 24.9. The second-order valence-electron chi connectivity index (χ2n) is 10.7. The molecule has 0 bridgehead atoms. The van der Waals surface area contributed by atoms with E-state index in [2.05, 4.69) is 20.6 Å². The lowest BCUT2D eigenvalue weighted by atomic mass is 10.2. The number of amides is 2. The van der Waals surface area contributed by atoms with Gasteiger partial charge in [-0.1, -0.05) is 12.1 Å². The third kappa shape index (κ3) is 7.03. The summed E-state index contributed by atoms with van der Waals surface area (Å²) in [6, 6.07) is 16.7. The molecule has 2 amide bonds. The molecule has 5 aromatic rings. The van der Waals surface area contributed by atoms with Crippen molar-refractivity contribution in [2.45, 2.75) is 25.2 Å². The van der Waals surface area contributed by atoms with Gasteiger partial charge in [0, 0.05) is 43.2 Å². The van der Waals surface area contributed by atoms with Crippen molar-refractivity contribution in [3.63, 3.8) is 0 Å². The number of carboxylic acid groups (broad SMARTS) is 1. The van der Waals surface area contributed by atoms with E-state index in [0.717, 1.165) is 29.6 Å². The van der Waals surface area contributed by atoms with Crippen LogP contribution in [0.3, 0.4) is 0 Å². The molecule has 0 aliphatic carbocycles. The number of hydrogen-bond acceptors (Lipinski definition) is 8. The lowest BCUT2D eigenvalue weighted by molar-refractivity contribution is -0.137. The molecule has 1 fully saturated rings. The monoisotopic (exact) mass is 647 g/mol. The minimum atomic E-state index is -4.57. The minimum absolute atomic E-state index is 0.176. The molecule has 4 heterocycles. The maximum atomic E-state index is 13.0. The molecule has 6 rings (SSSR count). The molecule has 15 heteroatoms. The molecular weight excluding hydrogens is 619 g/mol. The number of anilines is 2. The quantitative estimate of drug-likeness (QED) is 0.173. The number of aromatic nitrogens is 4. The summed E-state index contributed by atoms with van der Waals surface area (Å²) in [4.78, 5) is 33.9. The van der Waals surface area contributed by atoms with Gasteiger partial charge in [0.15, 0.2) is 11.5 Å². The first-order valence-electron chi connectivity index (χ1n) is 14.4. The predicted molar refractivity (Wildman–Crippen MR) is 165 cm³/mol. The van der Waals surface area contributed by atoms with E-state index in [4.69, 9.17) is 14.6 Å². The van der Waals surface area contributed by atoms with Crippen LogP contribution in [0.5, 0.6) is 17.2 Å². The highest BCUT2D eigenvalue weighted by Crippen LogP contribution is 2.35. The van der Waals surface area contributed by atoms with Crippen LogP contribution in [0, 0.1) is 0 Å². The Morgan fingerprint density at radius 3 is 2.40 bits per heavy atom. The van der Waals surface area contributed by atoms with Crippen molar-refractivity contribution in [2.75, 3.05) is 30.8 Å². The standard InChI is InChI=1S/C32H28F3N7O5/c1-46-23-6-2-19(3-7-23)17-42-29-27(28(40-42)38-22-12-15-41(18-22)31(44)45)25(11-14-37-29)47-24-8-4-20(5-9-24)30(43)39-26-16-21(10-13-36-26)32(33,34)35/h2-11,13-14,16,22H,12,15,17-18H2,1H3,(H,38,40)(H,44,45)(H,36,39,43). The van der Waals surface area contributed by atoms with Crippen LogP contribution in [0.25, 0.3) is 11.0 Å². The van der Waals surface area contributed by atoms with Crippen molar-refractivity contribution < 1.29 is 37.3 Å². The molecule has 0 spiro atoms. The molecule has 0 radical (unpaired) electrons. The molecule has 3 aromatic heterocycles. The third-order valence-electron chi connectivity index (χ3n) is 7.56. The number of pyridine rings is 2. The Balaban J connectivity index is 1.25. The topological polar surface area (TPSA) is 144 Å². The molecular formula is C32H28F3N7O5. The van der Waals surface area contributed by atoms with E-state index < -0.39 is 23.7 Å². The van der Waals surface area contributed by atoms with Crippen LogP contribution >= 0.6 is 0 Å². The number of nitrogens with one attached hydrogen (secondary N) is 2. The Kier molecular flexibility index (Phi) is 8.52. The number of alkyl halides is 3. The van der Waals surface area contributed by atoms with Crippen molar-refractivity contribution in [3.05, 3.63) is 95.8 Å². The largest absolute Gasteiger partial charge is 0.497 e. The highest BCUT2D eigenvalue weighted by atomic mass is 19.4. The van der Waals surface area contributed by atoms with Crippen molar-refractivity contribution >= 4 is 34.7 Å². The molecule has 1 aliphatic heterocycles. The van der Waals surface area contributed by atoms with Crippen LogP contribution in [0.2, 0.25) is 0 Å². The minimum Gasteiger partial charge on any atom is -0.497 e. The SMILES string of the molecule is COc1ccc(Cn2nc(NC3CCN(C(=O)O)C3)c3c(Oc4ccc(C(=O)Nc5cc(C(F)(F)F)ccn5)cc4)ccnc32)cc1. The normalized spacial score (nSPS) is 14.6. The van der Waals surface area contributed by atoms with Gasteiger partial charge in [0.05, 0.1) is 19.2 Å². The predicted octanol–water partition coefficient (Wildman–Crippen LogP) is 6.11. The van der Waals surface area contributed by atoms with Gasteiger partial charge in [-0.05, 0) is 60.5 Å². The lowest BCUT2D eigenvalue weighted by Crippen LogP contribution is -2.30. The summed E-state index contributed by atoms with van der Waals surface area (Å²) in [6.07, 6.45) is -2.41. The van der Waals surface area contributed by atoms with Crippen molar-refractivity contribution in [1.29, 1.82) is 0 Å². The van der Waals surface area contributed by atoms with Crippen LogP contribution in [0.15, 0.2) is 79.1 Å². The zero-order chi connectivity index (χ0) is 33.1. The smallest absolute Gasteiger partial charge is 0.416 e. The Morgan fingerprint density at radius 2 is 1.72 bits per heavy atom. The van der Waals surface area contributed by atoms with Gasteiger partial charge in [-0.3, -0.25) is 4.79 Å². The number of rotatable bonds is 9. The molecule has 1 unspecified atom stereocenters. The average Bonchev–Trinajstić information content (AvgIpc) is 3.67. The van der Waals surface area contributed by atoms with E-state index in [0.29, 0.717) is 47.9 Å². The molecule has 1 saturated heterocycles. The molecule has 1 aliphatic rings. The summed E-state index contributed by atoms with van der Waals surface area (Å²) in [5.74, 6) is 1.10. The molecule has 1 atom stereocenters. The molecule has 0 saturated carbocycles. The van der Waals surface area contributed by atoms with Gasteiger partial charge in [-0.2, -0.15) is 18.3 Å². The number of methoxy groups -OCH3 is 1. The molecule has 12 nitrogen and oxygen atoms in total. The summed E-state index contributed by atoms with van der Waals surface area (Å²) < 4.78 is 52.4.